The van der Waals surface area contributed by atoms with Crippen molar-refractivity contribution >= 4 is 10.0 Å². The number of rotatable bonds is 6. The van der Waals surface area contributed by atoms with Crippen LogP contribution in [0.2, 0.25) is 0 Å². The van der Waals surface area contributed by atoms with E-state index in [0.717, 1.165) is 0 Å². The minimum absolute atomic E-state index is 0.312. The Morgan fingerprint density at radius 3 is 2.35 bits per heavy atom. The summed E-state index contributed by atoms with van der Waals surface area (Å²) in [6, 6.07) is 8.83. The molecule has 0 bridgehead atoms. The molecule has 0 saturated heterocycles. The number of hydrogen-bond acceptors (Lipinski definition) is 3. The van der Waals surface area contributed by atoms with E-state index in [1.165, 1.54) is 0 Å². The summed E-state index contributed by atoms with van der Waals surface area (Å²) in [7, 11) is -1.38. The molecule has 0 radical (unpaired) electrons. The van der Waals surface area contributed by atoms with Gasteiger partial charge in [0.05, 0.1) is 4.90 Å². The second-order valence-electron chi connectivity index (χ2n) is 4.29. The van der Waals surface area contributed by atoms with Gasteiger partial charge in [0.15, 0.2) is 0 Å². The molecule has 4 nitrogen and oxygen atoms in total. The zero-order valence-corrected chi connectivity index (χ0v) is 11.4. The van der Waals surface area contributed by atoms with Gasteiger partial charge >= 0.3 is 0 Å². The van der Waals surface area contributed by atoms with Gasteiger partial charge in [-0.25, -0.2) is 13.1 Å². The molecule has 0 aliphatic rings. The SMILES string of the molecule is CC(C)N(C)CCNS(=O)(=O)c1ccccc1. The first-order chi connectivity index (χ1) is 7.93. The Bertz CT molecular complexity index is 429. The van der Waals surface area contributed by atoms with Crippen LogP contribution in [0.3, 0.4) is 0 Å². The Balaban J connectivity index is 2.52. The van der Waals surface area contributed by atoms with Crippen molar-refractivity contribution < 1.29 is 8.42 Å². The smallest absolute Gasteiger partial charge is 0.240 e. The summed E-state index contributed by atoms with van der Waals surface area (Å²) in [6.45, 7) is 5.27. The number of nitrogens with zero attached hydrogens (tertiary/aromatic N) is 1. The topological polar surface area (TPSA) is 49.4 Å². The lowest BCUT2D eigenvalue weighted by Gasteiger charge is -2.20. The van der Waals surface area contributed by atoms with Crippen molar-refractivity contribution in [2.45, 2.75) is 24.8 Å². The van der Waals surface area contributed by atoms with E-state index < -0.39 is 10.0 Å². The van der Waals surface area contributed by atoms with Crippen molar-refractivity contribution in [1.29, 1.82) is 0 Å². The molecule has 1 aromatic rings. The fourth-order valence-corrected chi connectivity index (χ4v) is 2.34. The van der Waals surface area contributed by atoms with E-state index in [2.05, 4.69) is 23.5 Å². The Morgan fingerprint density at radius 2 is 1.82 bits per heavy atom. The van der Waals surface area contributed by atoms with Crippen molar-refractivity contribution in [3.8, 4) is 0 Å². The highest BCUT2D eigenvalue weighted by Crippen LogP contribution is 2.06. The first-order valence-corrected chi connectivity index (χ1v) is 7.17. The van der Waals surface area contributed by atoms with Gasteiger partial charge < -0.3 is 4.90 Å². The molecule has 96 valence electrons. The molecule has 17 heavy (non-hydrogen) atoms. The van der Waals surface area contributed by atoms with Crippen LogP contribution in [0.5, 0.6) is 0 Å². The summed E-state index contributed by atoms with van der Waals surface area (Å²) in [6.07, 6.45) is 0. The van der Waals surface area contributed by atoms with Crippen molar-refractivity contribution in [3.05, 3.63) is 30.3 Å². The second-order valence-corrected chi connectivity index (χ2v) is 6.05. The maximum absolute atomic E-state index is 11.9. The lowest BCUT2D eigenvalue weighted by molar-refractivity contribution is 0.278. The molecule has 0 unspecified atom stereocenters. The highest BCUT2D eigenvalue weighted by molar-refractivity contribution is 7.89. The third kappa shape index (κ3) is 4.46. The second kappa shape index (κ2) is 6.14. The Hall–Kier alpha value is -0.910. The predicted octanol–water partition coefficient (Wildman–Crippen LogP) is 1.31. The van der Waals surface area contributed by atoms with Crippen LogP contribution >= 0.6 is 0 Å². The highest BCUT2D eigenvalue weighted by Gasteiger charge is 2.12. The van der Waals surface area contributed by atoms with Crippen LogP contribution in [-0.2, 0) is 10.0 Å². The van der Waals surface area contributed by atoms with Gasteiger partial charge in [-0.15, -0.1) is 0 Å². The van der Waals surface area contributed by atoms with Crippen molar-refractivity contribution in [2.24, 2.45) is 0 Å². The summed E-state index contributed by atoms with van der Waals surface area (Å²) in [5.74, 6) is 0. The number of nitrogens with one attached hydrogen (secondary N) is 1. The molecular formula is C12H20N2O2S. The first kappa shape index (κ1) is 14.2. The number of likely N-dealkylation sites (N-methyl/N-ethyl adjacent to an activating group) is 1. The summed E-state index contributed by atoms with van der Waals surface area (Å²) in [4.78, 5) is 2.40. The quantitative estimate of drug-likeness (QED) is 0.835. The van der Waals surface area contributed by atoms with Crippen LogP contribution in [0.4, 0.5) is 0 Å². The molecule has 0 aromatic heterocycles. The molecule has 0 spiro atoms. The van der Waals surface area contributed by atoms with E-state index >= 15 is 0 Å². The van der Waals surface area contributed by atoms with Crippen LogP contribution in [0.25, 0.3) is 0 Å². The Labute approximate surface area is 104 Å². The van der Waals surface area contributed by atoms with Gasteiger partial charge in [0.25, 0.3) is 0 Å². The molecule has 0 amide bonds. The Morgan fingerprint density at radius 1 is 1.24 bits per heavy atom. The summed E-state index contributed by atoms with van der Waals surface area (Å²) >= 11 is 0. The molecule has 0 heterocycles. The minimum atomic E-state index is -3.36. The summed E-state index contributed by atoms with van der Waals surface area (Å²) in [5.41, 5.74) is 0. The van der Waals surface area contributed by atoms with Crippen LogP contribution in [0.1, 0.15) is 13.8 Å². The molecule has 0 atom stereocenters. The summed E-state index contributed by atoms with van der Waals surface area (Å²) < 4.78 is 26.3. The molecule has 0 aliphatic heterocycles. The van der Waals surface area contributed by atoms with Crippen LogP contribution in [0.15, 0.2) is 35.2 Å². The number of hydrogen-bond donors (Lipinski definition) is 1. The zero-order valence-electron chi connectivity index (χ0n) is 10.6. The third-order valence-corrected chi connectivity index (χ3v) is 4.17. The number of sulfonamides is 1. The van der Waals surface area contributed by atoms with E-state index in [-0.39, 0.29) is 0 Å². The predicted molar refractivity (Wildman–Crippen MR) is 69.4 cm³/mol. The average Bonchev–Trinajstić information content (AvgIpc) is 2.29. The molecule has 1 N–H and O–H groups in total. The maximum atomic E-state index is 11.9. The molecule has 5 heteroatoms. The van der Waals surface area contributed by atoms with Crippen LogP contribution in [-0.4, -0.2) is 39.5 Å². The van der Waals surface area contributed by atoms with Crippen molar-refractivity contribution in [2.75, 3.05) is 20.1 Å². The first-order valence-electron chi connectivity index (χ1n) is 5.68. The van der Waals surface area contributed by atoms with Crippen LogP contribution < -0.4 is 4.72 Å². The normalized spacial score (nSPS) is 12.3. The summed E-state index contributed by atoms with van der Waals surface area (Å²) in [5, 5.41) is 0. The number of benzene rings is 1. The zero-order chi connectivity index (χ0) is 12.9. The van der Waals surface area contributed by atoms with Gasteiger partial charge in [-0.1, -0.05) is 18.2 Å². The van der Waals surface area contributed by atoms with Gasteiger partial charge in [0.1, 0.15) is 0 Å². The van der Waals surface area contributed by atoms with Gasteiger partial charge in [0.2, 0.25) is 10.0 Å². The van der Waals surface area contributed by atoms with E-state index in [4.69, 9.17) is 0 Å². The van der Waals surface area contributed by atoms with E-state index in [0.29, 0.717) is 24.0 Å². The fraction of sp³-hybridized carbons (Fsp3) is 0.500. The minimum Gasteiger partial charge on any atom is -0.303 e. The Kier molecular flexibility index (Phi) is 5.11. The van der Waals surface area contributed by atoms with Gasteiger partial charge in [-0.3, -0.25) is 0 Å². The van der Waals surface area contributed by atoms with Crippen molar-refractivity contribution in [3.63, 3.8) is 0 Å². The maximum Gasteiger partial charge on any atom is 0.240 e. The van der Waals surface area contributed by atoms with E-state index in [1.54, 1.807) is 30.3 Å². The molecule has 0 aliphatic carbocycles. The van der Waals surface area contributed by atoms with E-state index in [1.807, 2.05) is 7.05 Å². The lowest BCUT2D eigenvalue weighted by Crippen LogP contribution is -2.36. The molecular weight excluding hydrogens is 236 g/mol. The standard InChI is InChI=1S/C12H20N2O2S/c1-11(2)14(3)10-9-13-17(15,16)12-7-5-4-6-8-12/h4-8,11,13H,9-10H2,1-3H3. The highest BCUT2D eigenvalue weighted by atomic mass is 32.2. The molecule has 1 aromatic carbocycles. The average molecular weight is 256 g/mol. The lowest BCUT2D eigenvalue weighted by atomic mass is 10.3. The van der Waals surface area contributed by atoms with Crippen molar-refractivity contribution in [1.82, 2.24) is 9.62 Å². The van der Waals surface area contributed by atoms with Gasteiger partial charge in [-0.05, 0) is 33.0 Å². The molecule has 0 saturated carbocycles. The van der Waals surface area contributed by atoms with E-state index in [9.17, 15) is 8.42 Å². The molecule has 1 rings (SSSR count). The fourth-order valence-electron chi connectivity index (χ4n) is 1.30. The monoisotopic (exact) mass is 256 g/mol. The van der Waals surface area contributed by atoms with Crippen LogP contribution in [0, 0.1) is 0 Å². The third-order valence-electron chi connectivity index (χ3n) is 2.69. The van der Waals surface area contributed by atoms with Gasteiger partial charge in [-0.2, -0.15) is 0 Å². The largest absolute Gasteiger partial charge is 0.303 e. The molecule has 0 fully saturated rings. The van der Waals surface area contributed by atoms with Gasteiger partial charge in [0, 0.05) is 19.1 Å².